The first-order valence-electron chi connectivity index (χ1n) is 16.3. The maximum atomic E-state index is 12.9. The minimum absolute atomic E-state index is 0.280. The van der Waals surface area contributed by atoms with Gasteiger partial charge in [-0.2, -0.15) is 10.2 Å². The predicted octanol–water partition coefficient (Wildman–Crippen LogP) is 7.42. The highest BCUT2D eigenvalue weighted by Crippen LogP contribution is 2.47. The highest BCUT2D eigenvalue weighted by Gasteiger charge is 2.46. The van der Waals surface area contributed by atoms with E-state index in [9.17, 15) is 14.9 Å². The largest absolute Gasteiger partial charge is 0.444 e. The van der Waals surface area contributed by atoms with Crippen LogP contribution in [-0.4, -0.2) is 50.5 Å². The summed E-state index contributed by atoms with van der Waals surface area (Å²) in [6.45, 7) is 20.1. The van der Waals surface area contributed by atoms with Crippen LogP contribution in [0.15, 0.2) is 42.6 Å². The maximum Gasteiger partial charge on any atom is 0.411 e. The molecule has 2 aromatic heterocycles. The second-order valence-corrected chi connectivity index (χ2v) is 13.3. The van der Waals surface area contributed by atoms with E-state index in [1.807, 2.05) is 93.5 Å². The number of carbonyl (C=O) groups excluding carboxylic acids is 2. The number of nitrogens with zero attached hydrogens (tertiary/aromatic N) is 5. The first-order valence-corrected chi connectivity index (χ1v) is 16.3. The van der Waals surface area contributed by atoms with Gasteiger partial charge in [-0.15, -0.1) is 0 Å². The average molecular weight is 643 g/mol. The summed E-state index contributed by atoms with van der Waals surface area (Å²) in [7, 11) is 0. The van der Waals surface area contributed by atoms with Crippen molar-refractivity contribution in [3.05, 3.63) is 65.0 Å². The van der Waals surface area contributed by atoms with E-state index < -0.39 is 16.6 Å². The van der Waals surface area contributed by atoms with Crippen molar-refractivity contribution < 1.29 is 14.3 Å². The molecule has 2 amide bonds. The third kappa shape index (κ3) is 9.41. The Morgan fingerprint density at radius 1 is 1.11 bits per heavy atom. The molecule has 11 heteroatoms. The topological polar surface area (TPSA) is 145 Å². The number of aryl methyl sites for hydroxylation is 1. The highest BCUT2D eigenvalue weighted by molar-refractivity contribution is 5.71. The fraction of sp³-hybridized carbons (Fsp3) is 0.500. The van der Waals surface area contributed by atoms with E-state index in [2.05, 4.69) is 44.1 Å². The molecule has 1 aliphatic carbocycles. The molecule has 3 aromatic rings. The molecule has 47 heavy (non-hydrogen) atoms. The van der Waals surface area contributed by atoms with E-state index in [-0.39, 0.29) is 12.1 Å². The number of fused-ring (bicyclic) bond motifs is 1. The quantitative estimate of drug-likeness (QED) is 0.224. The van der Waals surface area contributed by atoms with Gasteiger partial charge >= 0.3 is 6.09 Å². The van der Waals surface area contributed by atoms with Gasteiger partial charge in [-0.1, -0.05) is 26.0 Å². The molecule has 0 atom stereocenters. The van der Waals surface area contributed by atoms with Gasteiger partial charge in [0.2, 0.25) is 12.4 Å². The Bertz CT molecular complexity index is 1590. The molecule has 1 saturated carbocycles. The van der Waals surface area contributed by atoms with Crippen LogP contribution in [0.3, 0.4) is 0 Å². The van der Waals surface area contributed by atoms with Crippen molar-refractivity contribution in [2.45, 2.75) is 111 Å². The first-order chi connectivity index (χ1) is 22.2. The number of hydrogen-bond acceptors (Lipinski definition) is 9. The Balaban J connectivity index is 0.000000676. The summed E-state index contributed by atoms with van der Waals surface area (Å²) in [6.07, 6.45) is 4.58. The summed E-state index contributed by atoms with van der Waals surface area (Å²) in [4.78, 5) is 38.0. The van der Waals surface area contributed by atoms with Gasteiger partial charge in [0.15, 0.2) is 0 Å². The van der Waals surface area contributed by atoms with E-state index in [4.69, 9.17) is 9.72 Å². The molecular weight excluding hydrogens is 592 g/mol. The normalized spacial score (nSPS) is 15.3. The summed E-state index contributed by atoms with van der Waals surface area (Å²) >= 11 is 0. The van der Waals surface area contributed by atoms with Gasteiger partial charge in [-0.25, -0.2) is 14.8 Å². The maximum absolute atomic E-state index is 12.9. The highest BCUT2D eigenvalue weighted by atomic mass is 16.6. The number of benzene rings is 1. The Morgan fingerprint density at radius 3 is 2.38 bits per heavy atom. The van der Waals surface area contributed by atoms with Crippen molar-refractivity contribution in [2.24, 2.45) is 0 Å². The van der Waals surface area contributed by atoms with Crippen LogP contribution in [-0.2, 0) is 26.9 Å². The second kappa shape index (κ2) is 15.2. The minimum atomic E-state index is -0.544. The van der Waals surface area contributed by atoms with Crippen molar-refractivity contribution in [3.8, 4) is 6.07 Å². The molecule has 0 saturated heterocycles. The smallest absolute Gasteiger partial charge is 0.411 e. The van der Waals surface area contributed by atoms with Crippen LogP contribution in [0.1, 0.15) is 97.5 Å². The first kappa shape index (κ1) is 36.7. The van der Waals surface area contributed by atoms with Crippen molar-refractivity contribution in [1.82, 2.24) is 25.2 Å². The zero-order valence-electron chi connectivity index (χ0n) is 29.5. The van der Waals surface area contributed by atoms with Gasteiger partial charge in [-0.05, 0) is 110 Å². The summed E-state index contributed by atoms with van der Waals surface area (Å²) in [5, 5.41) is 18.7. The summed E-state index contributed by atoms with van der Waals surface area (Å²) in [5.74, 6) is 1.75. The molecule has 0 unspecified atom stereocenters. The Labute approximate surface area is 279 Å². The van der Waals surface area contributed by atoms with Crippen molar-refractivity contribution in [1.29, 1.82) is 5.26 Å². The molecule has 3 heterocycles. The van der Waals surface area contributed by atoms with E-state index >= 15 is 0 Å². The number of ether oxygens (including phenoxy) is 1. The lowest BCUT2D eigenvalue weighted by atomic mass is 9.83. The van der Waals surface area contributed by atoms with Crippen LogP contribution in [0.4, 0.5) is 28.1 Å². The molecule has 3 N–H and O–H groups in total. The zero-order valence-corrected chi connectivity index (χ0v) is 29.5. The lowest BCUT2D eigenvalue weighted by Gasteiger charge is -2.44. The summed E-state index contributed by atoms with van der Waals surface area (Å²) in [5.41, 5.74) is 3.31. The molecule has 0 bridgehead atoms. The van der Waals surface area contributed by atoms with Gasteiger partial charge in [0.25, 0.3) is 0 Å². The molecule has 11 nitrogen and oxygen atoms in total. The zero-order chi connectivity index (χ0) is 35.0. The Hall–Kier alpha value is -4.72. The molecule has 1 aliphatic heterocycles. The lowest BCUT2D eigenvalue weighted by molar-refractivity contribution is -0.109. The number of amides is 2. The van der Waals surface area contributed by atoms with Crippen molar-refractivity contribution in [2.75, 3.05) is 17.2 Å². The van der Waals surface area contributed by atoms with Gasteiger partial charge in [0.1, 0.15) is 17.2 Å². The van der Waals surface area contributed by atoms with E-state index in [1.165, 1.54) is 5.56 Å². The Morgan fingerprint density at radius 2 is 1.81 bits per heavy atom. The third-order valence-electron chi connectivity index (χ3n) is 7.74. The van der Waals surface area contributed by atoms with Crippen LogP contribution >= 0.6 is 0 Å². The molecule has 5 rings (SSSR count). The van der Waals surface area contributed by atoms with Crippen molar-refractivity contribution in [3.63, 3.8) is 0 Å². The number of anilines is 4. The SMILES string of the molecule is CC.CC(C)NC=O.Cc1cnc(Nc2ccc3c(c2)CCN(C(=O)OC(C)(C)C)C3(C)C)nc1Nc1cccc(C2(C#N)CC2)n1. The van der Waals surface area contributed by atoms with Gasteiger partial charge in [-0.3, -0.25) is 9.69 Å². The second-order valence-electron chi connectivity index (χ2n) is 13.3. The van der Waals surface area contributed by atoms with E-state index in [0.29, 0.717) is 30.5 Å². The van der Waals surface area contributed by atoms with Crippen LogP contribution in [0, 0.1) is 18.3 Å². The fourth-order valence-corrected chi connectivity index (χ4v) is 5.11. The molecule has 252 valence electrons. The number of nitrogens with one attached hydrogen (secondary N) is 3. The summed E-state index contributed by atoms with van der Waals surface area (Å²) in [6, 6.07) is 14.5. The predicted molar refractivity (Wildman–Crippen MR) is 186 cm³/mol. The van der Waals surface area contributed by atoms with Crippen LogP contribution in [0.25, 0.3) is 0 Å². The number of rotatable bonds is 7. The number of hydrogen-bond donors (Lipinski definition) is 3. The van der Waals surface area contributed by atoms with Crippen LogP contribution in [0.2, 0.25) is 0 Å². The van der Waals surface area contributed by atoms with E-state index in [0.717, 1.165) is 41.8 Å². The molecule has 0 radical (unpaired) electrons. The van der Waals surface area contributed by atoms with Crippen molar-refractivity contribution >= 4 is 35.8 Å². The van der Waals surface area contributed by atoms with Gasteiger partial charge in [0, 0.05) is 30.0 Å². The molecule has 0 spiro atoms. The lowest BCUT2D eigenvalue weighted by Crippen LogP contribution is -2.51. The van der Waals surface area contributed by atoms with Gasteiger partial charge < -0.3 is 20.7 Å². The standard InChI is InChI=1S/C30H35N7O2.C4H9NO.C2H6/c1-19-17-32-26(36-25(19)35-24-9-7-8-23(34-24)30(18-31)13-14-30)33-21-10-11-22-20(16-21)12-15-37(29(22,5)6)27(38)39-28(2,3)4;1-4(2)5-3-6;1-2/h7-11,16-17H,12-15H2,1-6H3,(H2,32,33,34,35,36);3-4H,1-2H3,(H,5,6);1-2H3. The number of nitriles is 1. The van der Waals surface area contributed by atoms with Crippen LogP contribution < -0.4 is 16.0 Å². The van der Waals surface area contributed by atoms with E-state index in [1.54, 1.807) is 11.1 Å². The van der Waals surface area contributed by atoms with Crippen LogP contribution in [0.5, 0.6) is 0 Å². The third-order valence-corrected chi connectivity index (χ3v) is 7.74. The summed E-state index contributed by atoms with van der Waals surface area (Å²) < 4.78 is 5.66. The molecule has 1 fully saturated rings. The number of pyridine rings is 1. The molecule has 2 aliphatic rings. The van der Waals surface area contributed by atoms with Gasteiger partial charge in [0.05, 0.1) is 22.7 Å². The monoisotopic (exact) mass is 642 g/mol. The minimum Gasteiger partial charge on any atom is -0.444 e. The fourth-order valence-electron chi connectivity index (χ4n) is 5.11. The number of aromatic nitrogens is 3. The Kier molecular flexibility index (Phi) is 11.9. The average Bonchev–Trinajstić information content (AvgIpc) is 3.81. The molecule has 1 aromatic carbocycles. The molecular formula is C36H50N8O3. The number of carbonyl (C=O) groups is 2.